The molecule has 1 amide bonds. The second-order valence-corrected chi connectivity index (χ2v) is 7.67. The Labute approximate surface area is 145 Å². The Kier molecular flexibility index (Phi) is 4.36. The van der Waals surface area contributed by atoms with E-state index < -0.39 is 16.0 Å². The minimum absolute atomic E-state index is 0.169. The molecule has 3 rings (SSSR count). The predicted octanol–water partition coefficient (Wildman–Crippen LogP) is 1.97. The molecular formula is C16H19N5O3S. The topological polar surface area (TPSA) is 120 Å². The van der Waals surface area contributed by atoms with Crippen LogP contribution in [0, 0.1) is 4.78 Å². The molecule has 132 valence electrons. The number of aryl methyl sites for hydroxylation is 1. The normalized spacial score (nSPS) is 22.7. The molecule has 4 N–H and O–H groups in total. The van der Waals surface area contributed by atoms with Crippen LogP contribution in [0.25, 0.3) is 0 Å². The molecule has 0 radical (unpaired) electrons. The molecule has 0 fully saturated rings. The SMILES string of the molecule is C=C(O)[C@H]1CCc2c(cn(C)c2C(=O)Nc2ccncc2)S(=N)(=O)N1. The molecule has 0 bridgehead atoms. The van der Waals surface area contributed by atoms with Gasteiger partial charge < -0.3 is 15.0 Å². The fourth-order valence-corrected chi connectivity index (χ4v) is 4.54. The van der Waals surface area contributed by atoms with Gasteiger partial charge in [0, 0.05) is 36.9 Å². The Bertz CT molecular complexity index is 934. The molecule has 1 aliphatic heterocycles. The molecule has 0 aromatic carbocycles. The first kappa shape index (κ1) is 17.2. The number of nitrogens with zero attached hydrogens (tertiary/aromatic N) is 2. The van der Waals surface area contributed by atoms with Crippen molar-refractivity contribution in [1.82, 2.24) is 14.3 Å². The van der Waals surface area contributed by atoms with Crippen LogP contribution in [0.4, 0.5) is 5.69 Å². The Morgan fingerprint density at radius 3 is 2.84 bits per heavy atom. The highest BCUT2D eigenvalue weighted by molar-refractivity contribution is 7.90. The second kappa shape index (κ2) is 6.34. The zero-order valence-electron chi connectivity index (χ0n) is 13.7. The lowest BCUT2D eigenvalue weighted by Gasteiger charge is -2.15. The van der Waals surface area contributed by atoms with Crippen molar-refractivity contribution < 1.29 is 14.1 Å². The van der Waals surface area contributed by atoms with Gasteiger partial charge in [0.1, 0.15) is 21.4 Å². The highest BCUT2D eigenvalue weighted by Gasteiger charge is 2.31. The van der Waals surface area contributed by atoms with Crippen LogP contribution in [-0.4, -0.2) is 30.8 Å². The maximum absolute atomic E-state index is 12.8. The number of rotatable bonds is 3. The van der Waals surface area contributed by atoms with Crippen molar-refractivity contribution >= 4 is 21.5 Å². The minimum atomic E-state index is -3.36. The molecule has 2 aromatic rings. The number of nitrogens with one attached hydrogen (secondary N) is 3. The van der Waals surface area contributed by atoms with E-state index in [1.165, 1.54) is 6.20 Å². The number of amides is 1. The molecule has 3 heterocycles. The average molecular weight is 361 g/mol. The molecule has 2 aromatic heterocycles. The summed E-state index contributed by atoms with van der Waals surface area (Å²) in [7, 11) is -1.69. The Hall–Kier alpha value is -2.65. The summed E-state index contributed by atoms with van der Waals surface area (Å²) >= 11 is 0. The summed E-state index contributed by atoms with van der Waals surface area (Å²) in [5, 5.41) is 12.4. The number of hydrogen-bond acceptors (Lipinski definition) is 5. The molecule has 0 spiro atoms. The first-order chi connectivity index (χ1) is 11.8. The smallest absolute Gasteiger partial charge is 0.272 e. The van der Waals surface area contributed by atoms with E-state index in [2.05, 4.69) is 21.6 Å². The molecule has 1 aliphatic rings. The van der Waals surface area contributed by atoms with E-state index in [0.29, 0.717) is 29.8 Å². The molecule has 0 saturated heterocycles. The highest BCUT2D eigenvalue weighted by Crippen LogP contribution is 2.29. The van der Waals surface area contributed by atoms with Gasteiger partial charge in [0.05, 0.1) is 10.9 Å². The zero-order chi connectivity index (χ0) is 18.2. The maximum Gasteiger partial charge on any atom is 0.272 e. The monoisotopic (exact) mass is 361 g/mol. The van der Waals surface area contributed by atoms with Crippen LogP contribution in [0.5, 0.6) is 0 Å². The van der Waals surface area contributed by atoms with E-state index in [1.54, 1.807) is 36.1 Å². The quantitative estimate of drug-likeness (QED) is 0.625. The van der Waals surface area contributed by atoms with Gasteiger partial charge in [-0.05, 0) is 25.0 Å². The molecule has 0 saturated carbocycles. The lowest BCUT2D eigenvalue weighted by atomic mass is 10.0. The Balaban J connectivity index is 2.00. The standard InChI is InChI=1S/C16H19N5O3S/c1-10(22)13-4-3-12-14(25(17,24)20-13)9-21(2)15(12)16(23)19-11-5-7-18-8-6-11/h5-9,13,22H,1,3-4H2,2H3,(H2,17,20,24)(H,18,19,23)/t13-,25?/m1/s1. The van der Waals surface area contributed by atoms with Gasteiger partial charge in [-0.1, -0.05) is 6.58 Å². The van der Waals surface area contributed by atoms with Crippen molar-refractivity contribution in [3.63, 3.8) is 0 Å². The number of aliphatic hydroxyl groups is 1. The second-order valence-electron chi connectivity index (χ2n) is 5.88. The third-order valence-corrected chi connectivity index (χ3v) is 5.69. The number of carbonyl (C=O) groups is 1. The third kappa shape index (κ3) is 3.28. The fraction of sp³-hybridized carbons (Fsp3) is 0.250. The van der Waals surface area contributed by atoms with Gasteiger partial charge in [-0.2, -0.15) is 0 Å². The van der Waals surface area contributed by atoms with Crippen LogP contribution in [0.2, 0.25) is 0 Å². The van der Waals surface area contributed by atoms with Crippen LogP contribution in [0.1, 0.15) is 22.5 Å². The molecule has 1 unspecified atom stereocenters. The molecular weight excluding hydrogens is 342 g/mol. The number of aliphatic hydroxyl groups excluding tert-OH is 1. The highest BCUT2D eigenvalue weighted by atomic mass is 32.2. The molecule has 25 heavy (non-hydrogen) atoms. The van der Waals surface area contributed by atoms with Crippen molar-refractivity contribution in [2.24, 2.45) is 7.05 Å². The van der Waals surface area contributed by atoms with E-state index in [9.17, 15) is 14.1 Å². The first-order valence-corrected chi connectivity index (χ1v) is 9.19. The zero-order valence-corrected chi connectivity index (χ0v) is 14.5. The number of fused-ring (bicyclic) bond motifs is 1. The fourth-order valence-electron chi connectivity index (χ4n) is 2.91. The predicted molar refractivity (Wildman–Crippen MR) is 93.7 cm³/mol. The van der Waals surface area contributed by atoms with Crippen molar-refractivity contribution in [1.29, 1.82) is 4.78 Å². The van der Waals surface area contributed by atoms with Crippen LogP contribution in [0.3, 0.4) is 0 Å². The van der Waals surface area contributed by atoms with Gasteiger partial charge in [-0.3, -0.25) is 9.78 Å². The summed E-state index contributed by atoms with van der Waals surface area (Å²) in [6.07, 6.45) is 5.44. The number of anilines is 1. The van der Waals surface area contributed by atoms with Crippen LogP contribution < -0.4 is 10.0 Å². The summed E-state index contributed by atoms with van der Waals surface area (Å²) in [5.41, 5.74) is 1.48. The minimum Gasteiger partial charge on any atom is -0.511 e. The third-order valence-electron chi connectivity index (χ3n) is 4.10. The van der Waals surface area contributed by atoms with Gasteiger partial charge >= 0.3 is 0 Å². The number of aromatic nitrogens is 2. The summed E-state index contributed by atoms with van der Waals surface area (Å²) in [6, 6.07) is 2.68. The van der Waals surface area contributed by atoms with Gasteiger partial charge in [0.25, 0.3) is 5.91 Å². The van der Waals surface area contributed by atoms with Crippen molar-refractivity contribution in [3.05, 3.63) is 54.3 Å². The molecule has 8 nitrogen and oxygen atoms in total. The van der Waals surface area contributed by atoms with E-state index in [0.717, 1.165) is 0 Å². The maximum atomic E-state index is 12.8. The van der Waals surface area contributed by atoms with Gasteiger partial charge in [0.15, 0.2) is 0 Å². The van der Waals surface area contributed by atoms with Crippen molar-refractivity contribution in [2.75, 3.05) is 5.32 Å². The largest absolute Gasteiger partial charge is 0.511 e. The van der Waals surface area contributed by atoms with Gasteiger partial charge in [-0.25, -0.2) is 13.7 Å². The van der Waals surface area contributed by atoms with Gasteiger partial charge in [0.2, 0.25) is 0 Å². The average Bonchev–Trinajstić information content (AvgIpc) is 2.83. The van der Waals surface area contributed by atoms with E-state index >= 15 is 0 Å². The lowest BCUT2D eigenvalue weighted by molar-refractivity contribution is 0.101. The van der Waals surface area contributed by atoms with Crippen LogP contribution >= 0.6 is 0 Å². The van der Waals surface area contributed by atoms with Crippen LogP contribution in [-0.2, 0) is 23.4 Å². The first-order valence-electron chi connectivity index (χ1n) is 7.63. The van der Waals surface area contributed by atoms with E-state index in [4.69, 9.17) is 4.78 Å². The summed E-state index contributed by atoms with van der Waals surface area (Å²) in [6.45, 7) is 3.46. The number of hydrogen-bond donors (Lipinski definition) is 4. The van der Waals surface area contributed by atoms with E-state index in [1.807, 2.05) is 0 Å². The summed E-state index contributed by atoms with van der Waals surface area (Å²) in [5.74, 6) is -0.524. The molecule has 0 aliphatic carbocycles. The van der Waals surface area contributed by atoms with Crippen molar-refractivity contribution in [3.8, 4) is 0 Å². The summed E-state index contributed by atoms with van der Waals surface area (Å²) < 4.78 is 25.1. The summed E-state index contributed by atoms with van der Waals surface area (Å²) in [4.78, 5) is 16.9. The Morgan fingerprint density at radius 2 is 2.20 bits per heavy atom. The van der Waals surface area contributed by atoms with E-state index in [-0.39, 0.29) is 16.6 Å². The molecule has 2 atom stereocenters. The molecule has 9 heteroatoms. The Morgan fingerprint density at radius 1 is 1.52 bits per heavy atom. The van der Waals surface area contributed by atoms with Crippen molar-refractivity contribution in [2.45, 2.75) is 23.8 Å². The number of carbonyl (C=O) groups excluding carboxylic acids is 1. The number of pyridine rings is 1. The van der Waals surface area contributed by atoms with Gasteiger partial charge in [-0.15, -0.1) is 0 Å². The van der Waals surface area contributed by atoms with Crippen LogP contribution in [0.15, 0.2) is 48.0 Å². The lowest BCUT2D eigenvalue weighted by Crippen LogP contribution is -2.33.